The van der Waals surface area contributed by atoms with Gasteiger partial charge in [0.25, 0.3) is 0 Å². The Bertz CT molecular complexity index is 1510. The van der Waals surface area contributed by atoms with Crippen LogP contribution in [0, 0.1) is 11.8 Å². The molecule has 0 radical (unpaired) electrons. The second-order valence-corrected chi connectivity index (χ2v) is 10.9. The van der Waals surface area contributed by atoms with E-state index in [0.29, 0.717) is 32.1 Å². The highest BCUT2D eigenvalue weighted by Crippen LogP contribution is 2.41. The predicted octanol–water partition coefficient (Wildman–Crippen LogP) is 4.69. The van der Waals surface area contributed by atoms with Gasteiger partial charge >= 0.3 is 0 Å². The highest BCUT2D eigenvalue weighted by atomic mass is 35.5. The minimum Gasteiger partial charge on any atom is -0.227 e. The van der Waals surface area contributed by atoms with Gasteiger partial charge in [-0.1, -0.05) is 41.1 Å². The van der Waals surface area contributed by atoms with Gasteiger partial charge in [-0.2, -0.15) is 5.10 Å². The number of benzene rings is 1. The number of sulfonamides is 1. The van der Waals surface area contributed by atoms with E-state index in [0.717, 1.165) is 41.1 Å². The maximum atomic E-state index is 11.5. The zero-order valence-electron chi connectivity index (χ0n) is 15.8. The van der Waals surface area contributed by atoms with Gasteiger partial charge in [0.2, 0.25) is 10.0 Å². The number of nitrogens with two attached hydrogens (primary N) is 1. The third kappa shape index (κ3) is 4.07. The van der Waals surface area contributed by atoms with Crippen molar-refractivity contribution in [3.05, 3.63) is 68.8 Å². The van der Waals surface area contributed by atoms with Crippen molar-refractivity contribution in [2.24, 2.45) is 5.14 Å². The van der Waals surface area contributed by atoms with Gasteiger partial charge < -0.3 is 0 Å². The third-order valence-electron chi connectivity index (χ3n) is 4.89. The van der Waals surface area contributed by atoms with Crippen LogP contribution in [0.2, 0.25) is 10.0 Å². The molecular formula is C21H14Cl2N4O2S2. The van der Waals surface area contributed by atoms with Gasteiger partial charge in [-0.15, -0.1) is 11.3 Å². The van der Waals surface area contributed by atoms with E-state index in [1.807, 2.05) is 16.6 Å². The Morgan fingerprint density at radius 3 is 2.58 bits per heavy atom. The molecule has 0 amide bonds. The van der Waals surface area contributed by atoms with Crippen LogP contribution in [-0.4, -0.2) is 23.0 Å². The molecule has 0 bridgehead atoms. The summed E-state index contributed by atoms with van der Waals surface area (Å²) in [7, 11) is -3.74. The van der Waals surface area contributed by atoms with Gasteiger partial charge in [0, 0.05) is 17.2 Å². The quantitative estimate of drug-likeness (QED) is 0.423. The molecule has 0 spiro atoms. The van der Waals surface area contributed by atoms with Gasteiger partial charge in [-0.3, -0.25) is 0 Å². The van der Waals surface area contributed by atoms with E-state index in [2.05, 4.69) is 16.9 Å². The van der Waals surface area contributed by atoms with Crippen molar-refractivity contribution in [3.8, 4) is 23.1 Å². The normalized spacial score (nSPS) is 13.9. The van der Waals surface area contributed by atoms with Gasteiger partial charge in [0.05, 0.1) is 32.4 Å². The molecule has 10 heteroatoms. The van der Waals surface area contributed by atoms with Crippen LogP contribution in [0.25, 0.3) is 16.9 Å². The van der Waals surface area contributed by atoms with Crippen LogP contribution in [0.1, 0.15) is 34.9 Å². The van der Waals surface area contributed by atoms with Crippen molar-refractivity contribution >= 4 is 50.2 Å². The Kier molecular flexibility index (Phi) is 5.04. The number of halogens is 2. The Morgan fingerprint density at radius 1 is 1.10 bits per heavy atom. The van der Waals surface area contributed by atoms with E-state index in [4.69, 9.17) is 33.3 Å². The second-order valence-electron chi connectivity index (χ2n) is 7.18. The molecule has 2 N–H and O–H groups in total. The fourth-order valence-corrected chi connectivity index (χ4v) is 5.10. The van der Waals surface area contributed by atoms with Gasteiger partial charge in [0.15, 0.2) is 5.65 Å². The summed E-state index contributed by atoms with van der Waals surface area (Å²) in [6.45, 7) is 0. The molecule has 1 aromatic carbocycles. The highest BCUT2D eigenvalue weighted by molar-refractivity contribution is 7.91. The minimum atomic E-state index is -3.74. The molecular weight excluding hydrogens is 475 g/mol. The van der Waals surface area contributed by atoms with Crippen LogP contribution in [0.4, 0.5) is 0 Å². The maximum Gasteiger partial charge on any atom is 0.247 e. The van der Waals surface area contributed by atoms with E-state index in [1.54, 1.807) is 24.4 Å². The summed E-state index contributed by atoms with van der Waals surface area (Å²) in [5.74, 6) is 6.49. The maximum absolute atomic E-state index is 11.5. The first kappa shape index (κ1) is 20.5. The number of aromatic nitrogens is 3. The van der Waals surface area contributed by atoms with E-state index < -0.39 is 10.0 Å². The first-order valence-corrected chi connectivity index (χ1v) is 12.4. The Morgan fingerprint density at radius 2 is 1.90 bits per heavy atom. The Balaban J connectivity index is 1.61. The monoisotopic (exact) mass is 488 g/mol. The number of fused-ring (bicyclic) bond motifs is 1. The average Bonchev–Trinajstić information content (AvgIpc) is 3.30. The lowest BCUT2D eigenvalue weighted by Gasteiger charge is -2.08. The molecule has 1 aliphatic carbocycles. The zero-order valence-corrected chi connectivity index (χ0v) is 19.0. The van der Waals surface area contributed by atoms with Crippen LogP contribution in [0.3, 0.4) is 0 Å². The molecule has 0 aliphatic heterocycles. The summed E-state index contributed by atoms with van der Waals surface area (Å²) >= 11 is 13.3. The third-order valence-corrected chi connectivity index (χ3v) is 8.07. The Hall–Kier alpha value is -2.41. The van der Waals surface area contributed by atoms with E-state index in [9.17, 15) is 8.42 Å². The van der Waals surface area contributed by atoms with Crippen LogP contribution < -0.4 is 5.14 Å². The molecule has 1 saturated carbocycles. The number of nitrogens with zero attached hydrogens (tertiary/aromatic N) is 3. The van der Waals surface area contributed by atoms with Crippen LogP contribution >= 0.6 is 34.5 Å². The van der Waals surface area contributed by atoms with Crippen molar-refractivity contribution in [2.75, 3.05) is 0 Å². The largest absolute Gasteiger partial charge is 0.247 e. The van der Waals surface area contributed by atoms with E-state index in [1.165, 1.54) is 6.07 Å². The molecule has 1 fully saturated rings. The first-order valence-electron chi connectivity index (χ1n) is 9.28. The van der Waals surface area contributed by atoms with Crippen molar-refractivity contribution in [3.63, 3.8) is 0 Å². The van der Waals surface area contributed by atoms with Gasteiger partial charge in [-0.05, 0) is 43.2 Å². The molecule has 1 aliphatic rings. The fraction of sp³-hybridized carbons (Fsp3) is 0.143. The molecule has 0 unspecified atom stereocenters. The van der Waals surface area contributed by atoms with Crippen LogP contribution in [-0.2, 0) is 10.0 Å². The zero-order chi connectivity index (χ0) is 21.8. The number of thiophene rings is 1. The fourth-order valence-electron chi connectivity index (χ4n) is 3.22. The van der Waals surface area contributed by atoms with Crippen molar-refractivity contribution in [1.29, 1.82) is 0 Å². The van der Waals surface area contributed by atoms with Crippen molar-refractivity contribution in [1.82, 2.24) is 14.6 Å². The lowest BCUT2D eigenvalue weighted by Crippen LogP contribution is -2.09. The Labute approximate surface area is 192 Å². The predicted molar refractivity (Wildman–Crippen MR) is 122 cm³/mol. The van der Waals surface area contributed by atoms with Gasteiger partial charge in [0.1, 0.15) is 4.21 Å². The molecule has 0 saturated heterocycles. The molecule has 3 aromatic heterocycles. The van der Waals surface area contributed by atoms with Crippen molar-refractivity contribution in [2.45, 2.75) is 23.0 Å². The van der Waals surface area contributed by atoms with Gasteiger partial charge in [-0.25, -0.2) is 23.1 Å². The summed E-state index contributed by atoms with van der Waals surface area (Å²) in [6.07, 6.45) is 3.88. The first-order chi connectivity index (χ1) is 14.8. The number of hydrogen-bond acceptors (Lipinski definition) is 5. The number of primary sulfonamides is 1. The lowest BCUT2D eigenvalue weighted by atomic mass is 10.1. The smallest absolute Gasteiger partial charge is 0.227 e. The van der Waals surface area contributed by atoms with E-state index in [-0.39, 0.29) is 4.21 Å². The summed E-state index contributed by atoms with van der Waals surface area (Å²) < 4.78 is 24.9. The minimum absolute atomic E-state index is 0.0766. The van der Waals surface area contributed by atoms with Crippen LogP contribution in [0.15, 0.2) is 46.8 Å². The molecule has 3 heterocycles. The second kappa shape index (κ2) is 7.62. The standard InChI is InChI=1S/C21H14Cl2N4O2S2/c22-16-7-4-13(9-17(16)23)18-10-19(12-1-2-12)27-21(26-18)14(11-25-27)3-5-15-6-8-20(30-15)31(24,28)29/h4,6-12H,1-2H2,(H2,24,28,29). The summed E-state index contributed by atoms with van der Waals surface area (Å²) in [4.78, 5) is 5.38. The summed E-state index contributed by atoms with van der Waals surface area (Å²) in [5, 5.41) is 10.6. The molecule has 0 atom stereocenters. The highest BCUT2D eigenvalue weighted by Gasteiger charge is 2.28. The average molecular weight is 489 g/mol. The lowest BCUT2D eigenvalue weighted by molar-refractivity contribution is 0.600. The topological polar surface area (TPSA) is 90.4 Å². The summed E-state index contributed by atoms with van der Waals surface area (Å²) in [6, 6.07) is 10.5. The summed E-state index contributed by atoms with van der Waals surface area (Å²) in [5.41, 5.74) is 3.99. The SMILES string of the molecule is NS(=O)(=O)c1ccc(C#Cc2cnn3c(C4CC4)cc(-c4ccc(Cl)c(Cl)c4)nc23)s1. The molecule has 6 nitrogen and oxygen atoms in total. The molecule has 5 rings (SSSR count). The number of rotatable bonds is 3. The van der Waals surface area contributed by atoms with E-state index >= 15 is 0 Å². The molecule has 156 valence electrons. The molecule has 31 heavy (non-hydrogen) atoms. The van der Waals surface area contributed by atoms with Crippen molar-refractivity contribution < 1.29 is 8.42 Å². The molecule has 4 aromatic rings. The van der Waals surface area contributed by atoms with Crippen LogP contribution in [0.5, 0.6) is 0 Å². The number of hydrogen-bond donors (Lipinski definition) is 1.